The number of ether oxygens (including phenoxy) is 4. The van der Waals surface area contributed by atoms with Crippen LogP contribution in [0.2, 0.25) is 0 Å². The molecule has 7 rings (SSSR count). The number of epoxide rings is 1. The molecule has 6 aliphatic rings. The van der Waals surface area contributed by atoms with Gasteiger partial charge in [0.25, 0.3) is 0 Å². The predicted molar refractivity (Wildman–Crippen MR) is 218 cm³/mol. The van der Waals surface area contributed by atoms with Gasteiger partial charge >= 0.3 is 11.9 Å². The Morgan fingerprint density at radius 1 is 1.13 bits per heavy atom. The van der Waals surface area contributed by atoms with Gasteiger partial charge in [-0.2, -0.15) is 0 Å². The number of morpholine rings is 1. The number of rotatable bonds is 15. The van der Waals surface area contributed by atoms with Crippen molar-refractivity contribution in [3.05, 3.63) is 35.4 Å². The molecule has 6 N–H and O–H groups in total. The van der Waals surface area contributed by atoms with Crippen LogP contribution in [0.4, 0.5) is 5.95 Å². The Bertz CT molecular complexity index is 1960. The fraction of sp³-hybridized carbons (Fsp3) is 0.667. The number of nitrogens with two attached hydrogens (primary N) is 1. The lowest BCUT2D eigenvalue weighted by Gasteiger charge is -2.63. The first kappa shape index (κ1) is 43.6. The van der Waals surface area contributed by atoms with Gasteiger partial charge in [-0.3, -0.25) is 14.6 Å². The third-order valence-corrected chi connectivity index (χ3v) is 13.8. The first-order valence-electron chi connectivity index (χ1n) is 21.0. The van der Waals surface area contributed by atoms with Crippen molar-refractivity contribution >= 4 is 47.2 Å². The molecular weight excluding hydrogens is 777 g/mol. The maximum absolute atomic E-state index is 14.2. The van der Waals surface area contributed by atoms with E-state index >= 15 is 0 Å². The van der Waals surface area contributed by atoms with Gasteiger partial charge in [0.1, 0.15) is 22.8 Å². The minimum Gasteiger partial charge on any atom is -0.462 e. The van der Waals surface area contributed by atoms with Gasteiger partial charge in [0.05, 0.1) is 69.8 Å². The second-order valence-corrected chi connectivity index (χ2v) is 17.4. The Morgan fingerprint density at radius 3 is 2.48 bits per heavy atom. The van der Waals surface area contributed by atoms with Gasteiger partial charge in [-0.05, 0) is 69.8 Å². The van der Waals surface area contributed by atoms with Crippen LogP contribution in [0.3, 0.4) is 0 Å². The van der Waals surface area contributed by atoms with Crippen molar-refractivity contribution in [3.63, 3.8) is 0 Å². The molecule has 1 spiro atoms. The number of aliphatic hydroxyl groups is 2. The van der Waals surface area contributed by atoms with E-state index in [1.807, 2.05) is 13.8 Å². The molecule has 0 bridgehead atoms. The molecule has 1 aromatic rings. The second kappa shape index (κ2) is 17.5. The van der Waals surface area contributed by atoms with Crippen molar-refractivity contribution < 1.29 is 48.3 Å². The molecule has 1 amide bonds. The molecule has 4 fully saturated rings. The number of esters is 2. The summed E-state index contributed by atoms with van der Waals surface area (Å²) in [4.78, 5) is 73.5. The Morgan fingerprint density at radius 2 is 1.85 bits per heavy atom. The summed E-state index contributed by atoms with van der Waals surface area (Å²) in [5.41, 5.74) is 3.81. The molecule has 4 aliphatic heterocycles. The van der Waals surface area contributed by atoms with Crippen LogP contribution < -0.4 is 16.4 Å². The number of hydrogen-bond acceptors (Lipinski definition) is 17. The zero-order valence-electron chi connectivity index (χ0n) is 35.0. The molecule has 10 atom stereocenters. The lowest BCUT2D eigenvalue weighted by atomic mass is 9.43. The summed E-state index contributed by atoms with van der Waals surface area (Å²) in [6.07, 6.45) is 6.82. The number of nitrogens with one attached hydrogen (secondary N) is 2. The maximum atomic E-state index is 14.2. The van der Waals surface area contributed by atoms with Gasteiger partial charge < -0.3 is 50.4 Å². The van der Waals surface area contributed by atoms with Crippen molar-refractivity contribution in [2.24, 2.45) is 32.7 Å². The van der Waals surface area contributed by atoms with Gasteiger partial charge in [0.15, 0.2) is 5.78 Å². The highest BCUT2D eigenvalue weighted by Crippen LogP contribution is 2.66. The number of hydrogen-bond donors (Lipinski definition) is 5. The standard InChI is InChI=1S/C42H58N8O10/c1-6-58-38(56)35(25-19-46-39(43)47-20-25)29-15-26(37(55)60-29)27(48-23(2)28(52)17-34-44-9-10-45-34)16-31-40(4)8-7-33(53)41(5,21-51)30(40)18-32(42(31)22-59-42)49-24(3)36(54)50-11-13-57-14-12-50/h9,15,19-20,23-24,27,30-33,48-49,51,53H,6-8,10-14,16-18,21-22H2,1-5H3,(H2,43,46,47)/b35-29-/t23?,24?,27?,30?,31?,32?,33-,40+,41+,42?/m1/s1. The van der Waals surface area contributed by atoms with Crippen molar-refractivity contribution in [3.8, 4) is 0 Å². The number of allylic oxidation sites excluding steroid dienone is 1. The van der Waals surface area contributed by atoms with Crippen LogP contribution in [0, 0.1) is 22.7 Å². The Kier molecular flexibility index (Phi) is 12.7. The summed E-state index contributed by atoms with van der Waals surface area (Å²) in [6, 6.07) is -2.59. The maximum Gasteiger partial charge on any atom is 0.342 e. The van der Waals surface area contributed by atoms with Crippen molar-refractivity contribution in [2.45, 2.75) is 103 Å². The number of amides is 1. The van der Waals surface area contributed by atoms with E-state index in [-0.39, 0.29) is 84.0 Å². The highest BCUT2D eigenvalue weighted by molar-refractivity contribution is 6.18. The number of ketones is 1. The quantitative estimate of drug-likeness (QED) is 0.0930. The molecule has 2 saturated carbocycles. The van der Waals surface area contributed by atoms with E-state index in [2.05, 4.69) is 37.5 Å². The van der Waals surface area contributed by atoms with Crippen LogP contribution in [0.1, 0.15) is 72.3 Å². The smallest absolute Gasteiger partial charge is 0.342 e. The summed E-state index contributed by atoms with van der Waals surface area (Å²) in [6.45, 7) is 11.8. The van der Waals surface area contributed by atoms with Crippen molar-refractivity contribution in [2.75, 3.05) is 58.4 Å². The van der Waals surface area contributed by atoms with Gasteiger partial charge in [-0.25, -0.2) is 24.5 Å². The van der Waals surface area contributed by atoms with E-state index in [1.165, 1.54) is 18.5 Å². The van der Waals surface area contributed by atoms with Crippen LogP contribution in [-0.2, 0) is 38.1 Å². The number of aromatic nitrogens is 2. The van der Waals surface area contributed by atoms with E-state index in [0.717, 1.165) is 0 Å². The molecule has 18 nitrogen and oxygen atoms in total. The molecule has 2 aliphatic carbocycles. The van der Waals surface area contributed by atoms with Gasteiger partial charge in [-0.1, -0.05) is 13.8 Å². The van der Waals surface area contributed by atoms with Gasteiger partial charge in [0, 0.05) is 54.8 Å². The fourth-order valence-electron chi connectivity index (χ4n) is 10.4. The first-order chi connectivity index (χ1) is 28.6. The number of Topliss-reactive ketones (excluding diaryl/α,β-unsaturated/α-hetero) is 1. The number of fused-ring (bicyclic) bond motifs is 1. The summed E-state index contributed by atoms with van der Waals surface area (Å²) in [5.74, 6) is -2.00. The highest BCUT2D eigenvalue weighted by Gasteiger charge is 2.71. The molecule has 326 valence electrons. The van der Waals surface area contributed by atoms with Crippen LogP contribution in [-0.4, -0.2) is 149 Å². The minimum absolute atomic E-state index is 0.0136. The molecule has 0 radical (unpaired) electrons. The summed E-state index contributed by atoms with van der Waals surface area (Å²) >= 11 is 0. The molecule has 0 aromatic carbocycles. The molecule has 1 aromatic heterocycles. The summed E-state index contributed by atoms with van der Waals surface area (Å²) in [7, 11) is 0. The second-order valence-electron chi connectivity index (χ2n) is 17.4. The zero-order chi connectivity index (χ0) is 43.0. The normalized spacial score (nSPS) is 33.3. The van der Waals surface area contributed by atoms with Gasteiger partial charge in [-0.15, -0.1) is 0 Å². The Balaban J connectivity index is 1.30. The molecular formula is C42H58N8O10. The Hall–Kier alpha value is -4.46. The van der Waals surface area contributed by atoms with Crippen LogP contribution in [0.5, 0.6) is 0 Å². The number of amidine groups is 1. The number of cyclic esters (lactones) is 1. The summed E-state index contributed by atoms with van der Waals surface area (Å²) in [5, 5.41) is 29.6. The molecule has 18 heteroatoms. The van der Waals surface area contributed by atoms with Gasteiger partial charge in [0.2, 0.25) is 11.9 Å². The fourth-order valence-corrected chi connectivity index (χ4v) is 10.4. The minimum atomic E-state index is -0.898. The van der Waals surface area contributed by atoms with E-state index in [4.69, 9.17) is 24.7 Å². The lowest BCUT2D eigenvalue weighted by Crippen LogP contribution is -2.68. The van der Waals surface area contributed by atoms with E-state index < -0.39 is 52.6 Å². The SMILES string of the molecule is CCOC(=O)/C(=C1/C=C(C(CC2C3(CO3)C(NC(C)C(=O)N3CCOCC3)CC3[C@]2(C)CC[C@@H](O)[C@@]3(C)CO)NC(C)C(=O)CC2=NCC=N2)C(=O)O1)c1cnc(N)nc1. The number of aliphatic hydroxyl groups excluding tert-OH is 2. The van der Waals surface area contributed by atoms with Crippen LogP contribution in [0.15, 0.2) is 39.8 Å². The largest absolute Gasteiger partial charge is 0.462 e. The van der Waals surface area contributed by atoms with Crippen LogP contribution >= 0.6 is 0 Å². The average molecular weight is 835 g/mol. The average Bonchev–Trinajstić information content (AvgIpc) is 3.67. The monoisotopic (exact) mass is 834 g/mol. The first-order valence-corrected chi connectivity index (χ1v) is 21.0. The topological polar surface area (TPSA) is 253 Å². The molecule has 2 saturated heterocycles. The number of nitrogen functional groups attached to an aromatic ring is 1. The number of carbonyl (C=O) groups is 4. The number of carbonyl (C=O) groups excluding carboxylic acids is 4. The lowest BCUT2D eigenvalue weighted by molar-refractivity contribution is -0.185. The Labute approximate surface area is 349 Å². The third-order valence-electron chi connectivity index (χ3n) is 13.8. The highest BCUT2D eigenvalue weighted by atomic mass is 16.6. The summed E-state index contributed by atoms with van der Waals surface area (Å²) < 4.78 is 23.3. The van der Waals surface area contributed by atoms with Crippen molar-refractivity contribution in [1.82, 2.24) is 25.5 Å². The number of nitrogens with zero attached hydrogens (tertiary/aromatic N) is 5. The van der Waals surface area contributed by atoms with E-state index in [0.29, 0.717) is 64.6 Å². The molecule has 60 heavy (non-hydrogen) atoms. The third kappa shape index (κ3) is 8.29. The van der Waals surface area contributed by atoms with E-state index in [9.17, 15) is 29.4 Å². The molecule has 5 heterocycles. The zero-order valence-corrected chi connectivity index (χ0v) is 35.0. The number of aliphatic imine (C=N–C) groups is 2. The molecule has 7 unspecified atom stereocenters. The van der Waals surface area contributed by atoms with E-state index in [1.54, 1.807) is 25.0 Å². The number of anilines is 1. The van der Waals surface area contributed by atoms with Crippen LogP contribution in [0.25, 0.3) is 5.57 Å². The predicted octanol–water partition coefficient (Wildman–Crippen LogP) is 0.765. The van der Waals surface area contributed by atoms with Crippen molar-refractivity contribution in [1.29, 1.82) is 0 Å².